The van der Waals surface area contributed by atoms with Crippen LogP contribution in [-0.4, -0.2) is 60.0 Å². The van der Waals surface area contributed by atoms with Crippen LogP contribution >= 0.6 is 0 Å². The first-order valence-corrected chi connectivity index (χ1v) is 9.44. The number of hydrogen-bond acceptors (Lipinski definition) is 6. The lowest BCUT2D eigenvalue weighted by Gasteiger charge is -2.38. The monoisotopic (exact) mass is 368 g/mol. The van der Waals surface area contributed by atoms with Crippen LogP contribution in [0.4, 0.5) is 5.69 Å². The molecule has 0 saturated carbocycles. The highest BCUT2D eigenvalue weighted by Gasteiger charge is 2.32. The number of rotatable bonds is 3. The van der Waals surface area contributed by atoms with E-state index in [0.29, 0.717) is 18.8 Å². The van der Waals surface area contributed by atoms with Crippen LogP contribution in [0, 0.1) is 11.3 Å². The predicted octanol–water partition coefficient (Wildman–Crippen LogP) is 0.668. The second-order valence-electron chi connectivity index (χ2n) is 7.22. The molecule has 4 heterocycles. The molecule has 2 atom stereocenters. The average molecular weight is 368 g/mol. The molecule has 1 amide bonds. The molecule has 0 radical (unpaired) electrons. The molecule has 0 spiro atoms. The number of aromatic nitrogens is 2. The summed E-state index contributed by atoms with van der Waals surface area (Å²) in [5.74, 6) is -0.0448. The Kier molecular flexibility index (Phi) is 4.97. The third-order valence-corrected chi connectivity index (χ3v) is 5.23. The van der Waals surface area contributed by atoms with Crippen LogP contribution in [0.5, 0.6) is 0 Å². The number of morpholine rings is 1. The third kappa shape index (κ3) is 3.61. The third-order valence-electron chi connectivity index (χ3n) is 5.23. The SMILES string of the molecule is CC1CN(c2ccc(C#N)n3nccc23)CC(C(=O)NC2CCNCC2)O1. The number of nitrogens with one attached hydrogen (secondary N) is 2. The first kappa shape index (κ1) is 17.8. The Morgan fingerprint density at radius 3 is 2.93 bits per heavy atom. The fourth-order valence-electron chi connectivity index (χ4n) is 3.91. The van der Waals surface area contributed by atoms with E-state index >= 15 is 0 Å². The van der Waals surface area contributed by atoms with Gasteiger partial charge in [-0.3, -0.25) is 4.79 Å². The molecule has 2 aliphatic rings. The maximum atomic E-state index is 12.8. The Hall–Kier alpha value is -2.63. The largest absolute Gasteiger partial charge is 0.364 e. The maximum absolute atomic E-state index is 12.8. The number of carbonyl (C=O) groups excluding carboxylic acids is 1. The van der Waals surface area contributed by atoms with E-state index in [-0.39, 0.29) is 18.1 Å². The first-order chi connectivity index (χ1) is 13.2. The van der Waals surface area contributed by atoms with E-state index in [1.54, 1.807) is 16.8 Å². The lowest BCUT2D eigenvalue weighted by molar-refractivity contribution is -0.138. The Morgan fingerprint density at radius 2 is 2.15 bits per heavy atom. The molecule has 0 aliphatic carbocycles. The molecule has 2 unspecified atom stereocenters. The molecule has 27 heavy (non-hydrogen) atoms. The van der Waals surface area contributed by atoms with Gasteiger partial charge in [0.25, 0.3) is 5.91 Å². The van der Waals surface area contributed by atoms with Crippen molar-refractivity contribution in [2.24, 2.45) is 0 Å². The van der Waals surface area contributed by atoms with Gasteiger partial charge in [-0.05, 0) is 51.1 Å². The van der Waals surface area contributed by atoms with Crippen LogP contribution in [0.2, 0.25) is 0 Å². The van der Waals surface area contributed by atoms with Crippen molar-refractivity contribution in [3.05, 3.63) is 30.1 Å². The fourth-order valence-corrected chi connectivity index (χ4v) is 3.91. The molecule has 2 saturated heterocycles. The van der Waals surface area contributed by atoms with Gasteiger partial charge >= 0.3 is 0 Å². The lowest BCUT2D eigenvalue weighted by Crippen LogP contribution is -2.55. The molecule has 0 bridgehead atoms. The number of nitrogens with zero attached hydrogens (tertiary/aromatic N) is 4. The van der Waals surface area contributed by atoms with E-state index in [4.69, 9.17) is 4.74 Å². The van der Waals surface area contributed by atoms with Crippen molar-refractivity contribution < 1.29 is 9.53 Å². The molecular weight excluding hydrogens is 344 g/mol. The smallest absolute Gasteiger partial charge is 0.251 e. The second kappa shape index (κ2) is 7.55. The number of carbonyl (C=O) groups is 1. The van der Waals surface area contributed by atoms with Crippen LogP contribution in [0.1, 0.15) is 25.5 Å². The highest BCUT2D eigenvalue weighted by atomic mass is 16.5. The number of piperidine rings is 1. The molecule has 2 aromatic rings. The van der Waals surface area contributed by atoms with E-state index in [1.807, 2.05) is 19.1 Å². The van der Waals surface area contributed by atoms with Gasteiger partial charge in [-0.15, -0.1) is 0 Å². The molecule has 142 valence electrons. The van der Waals surface area contributed by atoms with Crippen molar-refractivity contribution >= 4 is 17.1 Å². The number of anilines is 1. The van der Waals surface area contributed by atoms with Crippen LogP contribution in [0.3, 0.4) is 0 Å². The van der Waals surface area contributed by atoms with E-state index in [9.17, 15) is 10.1 Å². The summed E-state index contributed by atoms with van der Waals surface area (Å²) in [5, 5.41) is 20.0. The summed E-state index contributed by atoms with van der Waals surface area (Å²) >= 11 is 0. The molecule has 8 nitrogen and oxygen atoms in total. The van der Waals surface area contributed by atoms with Gasteiger partial charge in [0.15, 0.2) is 6.10 Å². The molecule has 2 aromatic heterocycles. The summed E-state index contributed by atoms with van der Waals surface area (Å²) < 4.78 is 7.57. The summed E-state index contributed by atoms with van der Waals surface area (Å²) in [4.78, 5) is 14.9. The van der Waals surface area contributed by atoms with E-state index in [2.05, 4.69) is 26.7 Å². The normalized spacial score (nSPS) is 23.9. The van der Waals surface area contributed by atoms with E-state index in [0.717, 1.165) is 37.1 Å². The summed E-state index contributed by atoms with van der Waals surface area (Å²) in [6.45, 7) is 5.01. The zero-order chi connectivity index (χ0) is 18.8. The van der Waals surface area contributed by atoms with Crippen LogP contribution in [-0.2, 0) is 9.53 Å². The minimum Gasteiger partial charge on any atom is -0.364 e. The zero-order valence-electron chi connectivity index (χ0n) is 15.4. The van der Waals surface area contributed by atoms with Crippen LogP contribution in [0.25, 0.3) is 5.52 Å². The molecule has 0 aromatic carbocycles. The Labute approximate surface area is 158 Å². The van der Waals surface area contributed by atoms with Gasteiger partial charge in [0.2, 0.25) is 0 Å². The number of hydrogen-bond donors (Lipinski definition) is 2. The topological polar surface area (TPSA) is 94.7 Å². The lowest BCUT2D eigenvalue weighted by atomic mass is 10.1. The van der Waals surface area contributed by atoms with E-state index < -0.39 is 6.10 Å². The fraction of sp³-hybridized carbons (Fsp3) is 0.526. The van der Waals surface area contributed by atoms with Gasteiger partial charge in [-0.2, -0.15) is 10.4 Å². The highest BCUT2D eigenvalue weighted by molar-refractivity contribution is 5.83. The van der Waals surface area contributed by atoms with Gasteiger partial charge in [-0.1, -0.05) is 0 Å². The van der Waals surface area contributed by atoms with Crippen LogP contribution < -0.4 is 15.5 Å². The van der Waals surface area contributed by atoms with Gasteiger partial charge < -0.3 is 20.3 Å². The molecule has 8 heteroatoms. The summed E-state index contributed by atoms with van der Waals surface area (Å²) in [7, 11) is 0. The van der Waals surface area contributed by atoms with Gasteiger partial charge in [0.1, 0.15) is 11.8 Å². The first-order valence-electron chi connectivity index (χ1n) is 9.44. The quantitative estimate of drug-likeness (QED) is 0.827. The van der Waals surface area contributed by atoms with Gasteiger partial charge in [0, 0.05) is 12.6 Å². The zero-order valence-corrected chi connectivity index (χ0v) is 15.4. The number of nitriles is 1. The Morgan fingerprint density at radius 1 is 1.33 bits per heavy atom. The highest BCUT2D eigenvalue weighted by Crippen LogP contribution is 2.26. The van der Waals surface area contributed by atoms with Crippen molar-refractivity contribution in [2.75, 3.05) is 31.1 Å². The van der Waals surface area contributed by atoms with E-state index in [1.165, 1.54) is 0 Å². The predicted molar refractivity (Wildman–Crippen MR) is 100 cm³/mol. The minimum atomic E-state index is -0.512. The second-order valence-corrected chi connectivity index (χ2v) is 7.22. The molecule has 2 fully saturated rings. The van der Waals surface area contributed by atoms with Crippen molar-refractivity contribution in [1.29, 1.82) is 5.26 Å². The van der Waals surface area contributed by atoms with Crippen molar-refractivity contribution in [3.63, 3.8) is 0 Å². The Bertz CT molecular complexity index is 867. The number of fused-ring (bicyclic) bond motifs is 1. The molecule has 2 aliphatic heterocycles. The standard InChI is InChI=1S/C19H24N6O2/c1-13-11-24(16-3-2-15(10-20)25-17(16)6-9-22-25)12-18(27-13)19(26)23-14-4-7-21-8-5-14/h2-3,6,9,13-14,18,21H,4-5,7-8,11-12H2,1H3,(H,23,26). The summed E-state index contributed by atoms with van der Waals surface area (Å²) in [6, 6.07) is 7.95. The van der Waals surface area contributed by atoms with Crippen molar-refractivity contribution in [1.82, 2.24) is 20.2 Å². The van der Waals surface area contributed by atoms with Gasteiger partial charge in [0.05, 0.1) is 30.0 Å². The summed E-state index contributed by atoms with van der Waals surface area (Å²) in [5.41, 5.74) is 2.31. The molecule has 2 N–H and O–H groups in total. The summed E-state index contributed by atoms with van der Waals surface area (Å²) in [6.07, 6.45) is 3.00. The van der Waals surface area contributed by atoms with Gasteiger partial charge in [-0.25, -0.2) is 4.52 Å². The van der Waals surface area contributed by atoms with Crippen molar-refractivity contribution in [3.8, 4) is 6.07 Å². The molecule has 4 rings (SSSR count). The minimum absolute atomic E-state index is 0.0448. The Balaban J connectivity index is 1.53. The number of ether oxygens (including phenoxy) is 1. The molecular formula is C19H24N6O2. The van der Waals surface area contributed by atoms with Crippen molar-refractivity contribution in [2.45, 2.75) is 38.0 Å². The van der Waals surface area contributed by atoms with Crippen LogP contribution in [0.15, 0.2) is 24.4 Å². The number of amides is 1. The average Bonchev–Trinajstić information content (AvgIpc) is 3.17. The maximum Gasteiger partial charge on any atom is 0.251 e. The number of pyridine rings is 1.